The standard InChI is InChI=1S/C24H22N4O5S/c1-14-10-19(33-18-6-4-17(32-3)5-7-18)11-15(2)22(14)20-13-34-24(26-20)27-23(29)16-8-9-25-21(12-16)28(30)31/h4,6-13,17H,5H2,1-3H3,(H,26,27,29). The molecule has 3 aromatic rings. The molecule has 1 atom stereocenters. The summed E-state index contributed by atoms with van der Waals surface area (Å²) in [5.74, 6) is 0.621. The molecule has 0 aliphatic heterocycles. The number of rotatable bonds is 7. The molecule has 0 fully saturated rings. The van der Waals surface area contributed by atoms with Crippen molar-refractivity contribution in [2.75, 3.05) is 12.4 Å². The van der Waals surface area contributed by atoms with Crippen LogP contribution in [0.15, 0.2) is 59.8 Å². The van der Waals surface area contributed by atoms with Crippen molar-refractivity contribution in [2.45, 2.75) is 26.4 Å². The summed E-state index contributed by atoms with van der Waals surface area (Å²) in [6.07, 6.45) is 7.94. The Bertz CT molecular complexity index is 1290. The van der Waals surface area contributed by atoms with Crippen LogP contribution in [0.4, 0.5) is 10.9 Å². The van der Waals surface area contributed by atoms with E-state index in [1.165, 1.54) is 23.6 Å². The molecule has 4 rings (SSSR count). The number of hydrogen-bond acceptors (Lipinski definition) is 8. The Morgan fingerprint density at radius 3 is 2.68 bits per heavy atom. The molecule has 0 saturated heterocycles. The summed E-state index contributed by atoms with van der Waals surface area (Å²) < 4.78 is 11.3. The van der Waals surface area contributed by atoms with E-state index in [4.69, 9.17) is 9.47 Å². The highest BCUT2D eigenvalue weighted by Gasteiger charge is 2.17. The molecule has 2 heterocycles. The maximum Gasteiger partial charge on any atom is 0.364 e. The van der Waals surface area contributed by atoms with Gasteiger partial charge in [0, 0.05) is 24.1 Å². The SMILES string of the molecule is COC1C=CC(Oc2cc(C)c(-c3csc(NC(=O)c4ccnc([N+](=O)[O-])c4)n3)c(C)c2)=CC1. The molecule has 174 valence electrons. The normalized spacial score (nSPS) is 15.0. The van der Waals surface area contributed by atoms with Crippen molar-refractivity contribution in [3.05, 3.63) is 86.6 Å². The van der Waals surface area contributed by atoms with Gasteiger partial charge in [-0.05, 0) is 71.7 Å². The minimum Gasteiger partial charge on any atom is -0.458 e. The minimum atomic E-state index is -0.644. The highest BCUT2D eigenvalue weighted by atomic mass is 32.1. The van der Waals surface area contributed by atoms with Crippen molar-refractivity contribution >= 4 is 28.2 Å². The Balaban J connectivity index is 1.49. The smallest absolute Gasteiger partial charge is 0.364 e. The molecular weight excluding hydrogens is 456 g/mol. The Morgan fingerprint density at radius 2 is 2.03 bits per heavy atom. The summed E-state index contributed by atoms with van der Waals surface area (Å²) >= 11 is 1.28. The predicted octanol–water partition coefficient (Wildman–Crippen LogP) is 5.22. The number of carbonyl (C=O) groups is 1. The number of nitrogens with zero attached hydrogens (tertiary/aromatic N) is 3. The van der Waals surface area contributed by atoms with Crippen molar-refractivity contribution in [1.82, 2.24) is 9.97 Å². The number of allylic oxidation sites excluding steroid dienone is 1. The highest BCUT2D eigenvalue weighted by molar-refractivity contribution is 7.14. The molecule has 9 nitrogen and oxygen atoms in total. The zero-order valence-electron chi connectivity index (χ0n) is 18.8. The van der Waals surface area contributed by atoms with E-state index in [-0.39, 0.29) is 17.5 Å². The van der Waals surface area contributed by atoms with E-state index < -0.39 is 10.8 Å². The lowest BCUT2D eigenvalue weighted by atomic mass is 10.00. The first kappa shape index (κ1) is 23.3. The number of carbonyl (C=O) groups excluding carboxylic acids is 1. The Morgan fingerprint density at radius 1 is 1.26 bits per heavy atom. The van der Waals surface area contributed by atoms with E-state index in [0.717, 1.165) is 46.4 Å². The minimum absolute atomic E-state index is 0.0752. The lowest BCUT2D eigenvalue weighted by Gasteiger charge is -2.16. The third-order valence-electron chi connectivity index (χ3n) is 5.25. The number of pyridine rings is 1. The van der Waals surface area contributed by atoms with Gasteiger partial charge in [0.15, 0.2) is 5.13 Å². The summed E-state index contributed by atoms with van der Waals surface area (Å²) in [4.78, 5) is 30.9. The molecule has 1 N–H and O–H groups in total. The molecule has 10 heteroatoms. The van der Waals surface area contributed by atoms with Crippen LogP contribution in [0.5, 0.6) is 5.75 Å². The number of aromatic nitrogens is 2. The van der Waals surface area contributed by atoms with Gasteiger partial charge >= 0.3 is 5.82 Å². The molecule has 1 aliphatic rings. The van der Waals surface area contributed by atoms with Crippen LogP contribution in [-0.4, -0.2) is 34.0 Å². The van der Waals surface area contributed by atoms with Crippen molar-refractivity contribution in [3.63, 3.8) is 0 Å². The first-order valence-electron chi connectivity index (χ1n) is 10.4. The molecule has 2 aromatic heterocycles. The fraction of sp³-hybridized carbons (Fsp3) is 0.208. The number of methoxy groups -OCH3 is 1. The highest BCUT2D eigenvalue weighted by Crippen LogP contribution is 2.34. The molecule has 0 radical (unpaired) electrons. The van der Waals surface area contributed by atoms with Crippen LogP contribution in [0.3, 0.4) is 0 Å². The average Bonchev–Trinajstić information content (AvgIpc) is 3.27. The van der Waals surface area contributed by atoms with E-state index in [1.807, 2.05) is 49.6 Å². The average molecular weight is 479 g/mol. The van der Waals surface area contributed by atoms with Gasteiger partial charge in [0.25, 0.3) is 5.91 Å². The molecule has 1 aromatic carbocycles. The molecule has 1 amide bonds. The number of anilines is 1. The molecule has 0 bridgehead atoms. The van der Waals surface area contributed by atoms with E-state index >= 15 is 0 Å². The zero-order valence-corrected chi connectivity index (χ0v) is 19.6. The van der Waals surface area contributed by atoms with Gasteiger partial charge in [-0.1, -0.05) is 6.08 Å². The number of hydrogen-bond donors (Lipinski definition) is 1. The third kappa shape index (κ3) is 5.19. The molecule has 0 spiro atoms. The maximum absolute atomic E-state index is 12.5. The molecule has 0 saturated carbocycles. The Labute approximate surface area is 199 Å². The first-order valence-corrected chi connectivity index (χ1v) is 11.3. The van der Waals surface area contributed by atoms with Crippen LogP contribution in [0.2, 0.25) is 0 Å². The lowest BCUT2D eigenvalue weighted by Crippen LogP contribution is -2.12. The van der Waals surface area contributed by atoms with E-state index in [2.05, 4.69) is 15.3 Å². The van der Waals surface area contributed by atoms with Gasteiger partial charge in [0.1, 0.15) is 17.7 Å². The van der Waals surface area contributed by atoms with Gasteiger partial charge in [0.05, 0.1) is 17.4 Å². The van der Waals surface area contributed by atoms with Gasteiger partial charge in [-0.15, -0.1) is 11.3 Å². The van der Waals surface area contributed by atoms with Crippen molar-refractivity contribution < 1.29 is 19.2 Å². The summed E-state index contributed by atoms with van der Waals surface area (Å²) in [5.41, 5.74) is 3.78. The third-order valence-corrected chi connectivity index (χ3v) is 6.00. The number of aryl methyl sites for hydroxylation is 2. The monoisotopic (exact) mass is 478 g/mol. The quantitative estimate of drug-likeness (QED) is 0.365. The lowest BCUT2D eigenvalue weighted by molar-refractivity contribution is -0.389. The van der Waals surface area contributed by atoms with Crippen molar-refractivity contribution in [2.24, 2.45) is 0 Å². The number of nitro groups is 1. The van der Waals surface area contributed by atoms with E-state index in [9.17, 15) is 14.9 Å². The number of benzene rings is 1. The summed E-state index contributed by atoms with van der Waals surface area (Å²) in [5, 5.41) is 15.8. The molecule has 34 heavy (non-hydrogen) atoms. The second kappa shape index (κ2) is 9.94. The summed E-state index contributed by atoms with van der Waals surface area (Å²) in [6.45, 7) is 3.96. The fourth-order valence-electron chi connectivity index (χ4n) is 3.63. The summed E-state index contributed by atoms with van der Waals surface area (Å²) in [6, 6.07) is 6.44. The van der Waals surface area contributed by atoms with Crippen molar-refractivity contribution in [1.29, 1.82) is 0 Å². The fourth-order valence-corrected chi connectivity index (χ4v) is 4.33. The van der Waals surface area contributed by atoms with Crippen molar-refractivity contribution in [3.8, 4) is 17.0 Å². The van der Waals surface area contributed by atoms with Crippen LogP contribution in [0.25, 0.3) is 11.3 Å². The van der Waals surface area contributed by atoms with Crippen LogP contribution in [-0.2, 0) is 4.74 Å². The van der Waals surface area contributed by atoms with Crippen LogP contribution >= 0.6 is 11.3 Å². The summed E-state index contributed by atoms with van der Waals surface area (Å²) in [7, 11) is 1.68. The van der Waals surface area contributed by atoms with Crippen LogP contribution in [0, 0.1) is 24.0 Å². The topological polar surface area (TPSA) is 116 Å². The predicted molar refractivity (Wildman–Crippen MR) is 129 cm³/mol. The molecule has 1 unspecified atom stereocenters. The van der Waals surface area contributed by atoms with Gasteiger partial charge in [-0.25, -0.2) is 4.98 Å². The van der Waals surface area contributed by atoms with Crippen LogP contribution in [0.1, 0.15) is 27.9 Å². The first-order chi connectivity index (χ1) is 16.3. The second-order valence-electron chi connectivity index (χ2n) is 7.66. The number of ether oxygens (including phenoxy) is 2. The number of nitrogens with one attached hydrogen (secondary N) is 1. The van der Waals surface area contributed by atoms with Gasteiger partial charge < -0.3 is 19.6 Å². The molecule has 1 aliphatic carbocycles. The number of amides is 1. The van der Waals surface area contributed by atoms with Gasteiger partial charge in [-0.3, -0.25) is 10.1 Å². The van der Waals surface area contributed by atoms with E-state index in [1.54, 1.807) is 7.11 Å². The van der Waals surface area contributed by atoms with Gasteiger partial charge in [0.2, 0.25) is 0 Å². The van der Waals surface area contributed by atoms with Crippen LogP contribution < -0.4 is 10.1 Å². The maximum atomic E-state index is 12.5. The Kier molecular flexibility index (Phi) is 6.80. The number of thiazole rings is 1. The Hall–Kier alpha value is -3.89. The largest absolute Gasteiger partial charge is 0.458 e. The zero-order chi connectivity index (χ0) is 24.2. The van der Waals surface area contributed by atoms with E-state index in [0.29, 0.717) is 5.13 Å². The van der Waals surface area contributed by atoms with Gasteiger partial charge in [-0.2, -0.15) is 0 Å². The molecular formula is C24H22N4O5S. The second-order valence-corrected chi connectivity index (χ2v) is 8.52.